The lowest BCUT2D eigenvalue weighted by molar-refractivity contribution is 0.475. The highest BCUT2D eigenvalue weighted by atomic mass is 32.1. The highest BCUT2D eigenvalue weighted by Crippen LogP contribution is 2.57. The SMILES string of the molecule is Oc1ccc(C2(c3ccc(O)cc3)c3cc(-c4cccs4)ccc3-c3ccc(-c4cccs4)cc32)cc1. The van der Waals surface area contributed by atoms with Gasteiger partial charge in [0.15, 0.2) is 0 Å². The van der Waals surface area contributed by atoms with Crippen LogP contribution < -0.4 is 0 Å². The minimum atomic E-state index is -0.618. The van der Waals surface area contributed by atoms with Crippen molar-refractivity contribution in [3.63, 3.8) is 0 Å². The molecule has 2 heterocycles. The van der Waals surface area contributed by atoms with Gasteiger partial charge in [-0.25, -0.2) is 0 Å². The van der Waals surface area contributed by atoms with E-state index in [1.807, 2.05) is 24.3 Å². The van der Waals surface area contributed by atoms with Crippen molar-refractivity contribution >= 4 is 22.7 Å². The second-order valence-corrected chi connectivity index (χ2v) is 11.2. The molecule has 7 rings (SSSR count). The second-order valence-electron chi connectivity index (χ2n) is 9.32. The molecule has 0 bridgehead atoms. The summed E-state index contributed by atoms with van der Waals surface area (Å²) in [6, 6.07) is 37.2. The van der Waals surface area contributed by atoms with E-state index in [9.17, 15) is 10.2 Å². The summed E-state index contributed by atoms with van der Waals surface area (Å²) in [5.74, 6) is 0.477. The summed E-state index contributed by atoms with van der Waals surface area (Å²) in [5.41, 5.74) is 8.70. The summed E-state index contributed by atoms with van der Waals surface area (Å²) in [7, 11) is 0. The summed E-state index contributed by atoms with van der Waals surface area (Å²) in [6.07, 6.45) is 0. The number of fused-ring (bicyclic) bond motifs is 3. The molecule has 37 heavy (non-hydrogen) atoms. The van der Waals surface area contributed by atoms with Gasteiger partial charge in [-0.1, -0.05) is 60.7 Å². The van der Waals surface area contributed by atoms with Gasteiger partial charge in [0.05, 0.1) is 5.41 Å². The van der Waals surface area contributed by atoms with E-state index < -0.39 is 5.41 Å². The molecule has 0 fully saturated rings. The monoisotopic (exact) mass is 514 g/mol. The molecule has 0 atom stereocenters. The van der Waals surface area contributed by atoms with Crippen molar-refractivity contribution in [1.29, 1.82) is 0 Å². The minimum Gasteiger partial charge on any atom is -0.508 e. The highest BCUT2D eigenvalue weighted by molar-refractivity contribution is 7.13. The summed E-state index contributed by atoms with van der Waals surface area (Å²) in [4.78, 5) is 2.45. The predicted octanol–water partition coefficient (Wildman–Crippen LogP) is 8.92. The maximum absolute atomic E-state index is 10.2. The first-order valence-electron chi connectivity index (χ1n) is 12.1. The Balaban J connectivity index is 1.61. The fraction of sp³-hybridized carbons (Fsp3) is 0.0303. The van der Waals surface area contributed by atoms with Crippen molar-refractivity contribution < 1.29 is 10.2 Å². The molecule has 4 heteroatoms. The van der Waals surface area contributed by atoms with Gasteiger partial charge in [0, 0.05) is 9.75 Å². The Hall–Kier alpha value is -4.12. The van der Waals surface area contributed by atoms with Crippen molar-refractivity contribution in [3.05, 3.63) is 142 Å². The van der Waals surface area contributed by atoms with Crippen LogP contribution in [0.15, 0.2) is 120 Å². The first-order chi connectivity index (χ1) is 18.1. The maximum Gasteiger partial charge on any atom is 0.115 e. The molecular formula is C33H22O2S2. The van der Waals surface area contributed by atoms with Crippen LogP contribution in [0.5, 0.6) is 11.5 Å². The minimum absolute atomic E-state index is 0.239. The standard InChI is InChI=1S/C33H22O2S2/c34-25-11-7-23(8-12-25)33(24-9-13-26(35)14-10-24)29-19-21(31-3-1-17-36-31)5-15-27(29)28-16-6-22(20-30(28)33)32-4-2-18-37-32/h1-20,34-35H. The molecule has 4 aromatic carbocycles. The van der Waals surface area contributed by atoms with Crippen LogP contribution in [0.3, 0.4) is 0 Å². The second kappa shape index (κ2) is 8.48. The molecule has 1 aliphatic carbocycles. The number of thiophene rings is 2. The molecule has 0 spiro atoms. The van der Waals surface area contributed by atoms with Crippen LogP contribution in [0, 0.1) is 0 Å². The smallest absolute Gasteiger partial charge is 0.115 e. The third-order valence-electron chi connectivity index (χ3n) is 7.35. The highest BCUT2D eigenvalue weighted by Gasteiger charge is 2.46. The molecule has 2 aromatic heterocycles. The van der Waals surface area contributed by atoms with Crippen molar-refractivity contribution in [2.75, 3.05) is 0 Å². The molecule has 178 valence electrons. The van der Waals surface area contributed by atoms with Gasteiger partial charge < -0.3 is 10.2 Å². The van der Waals surface area contributed by atoms with Crippen LogP contribution in [-0.4, -0.2) is 10.2 Å². The van der Waals surface area contributed by atoms with Crippen molar-refractivity contribution in [2.24, 2.45) is 0 Å². The first-order valence-corrected chi connectivity index (χ1v) is 13.9. The third-order valence-corrected chi connectivity index (χ3v) is 9.19. The third kappa shape index (κ3) is 3.37. The molecular weight excluding hydrogens is 492 g/mol. The summed E-state index contributed by atoms with van der Waals surface area (Å²) in [5, 5.41) is 24.6. The lowest BCUT2D eigenvalue weighted by Gasteiger charge is -2.34. The molecule has 1 aliphatic rings. The zero-order valence-electron chi connectivity index (χ0n) is 19.8. The Kier molecular flexibility index (Phi) is 5.07. The average molecular weight is 515 g/mol. The van der Waals surface area contributed by atoms with Gasteiger partial charge in [0.2, 0.25) is 0 Å². The number of benzene rings is 4. The van der Waals surface area contributed by atoms with Crippen LogP contribution in [0.1, 0.15) is 22.3 Å². The summed E-state index contributed by atoms with van der Waals surface area (Å²) >= 11 is 3.47. The average Bonchev–Trinajstić information content (AvgIpc) is 3.70. The van der Waals surface area contributed by atoms with E-state index in [0.29, 0.717) is 0 Å². The molecule has 0 saturated carbocycles. The predicted molar refractivity (Wildman–Crippen MR) is 154 cm³/mol. The number of phenols is 2. The molecule has 0 radical (unpaired) electrons. The van der Waals surface area contributed by atoms with Crippen LogP contribution >= 0.6 is 22.7 Å². The fourth-order valence-electron chi connectivity index (χ4n) is 5.73. The van der Waals surface area contributed by atoms with E-state index in [1.54, 1.807) is 46.9 Å². The van der Waals surface area contributed by atoms with Gasteiger partial charge in [0.1, 0.15) is 11.5 Å². The van der Waals surface area contributed by atoms with Crippen molar-refractivity contribution in [2.45, 2.75) is 5.41 Å². The number of hydrogen-bond donors (Lipinski definition) is 2. The zero-order valence-corrected chi connectivity index (χ0v) is 21.4. The quantitative estimate of drug-likeness (QED) is 0.246. The van der Waals surface area contributed by atoms with Gasteiger partial charge in [-0.3, -0.25) is 0 Å². The Labute approximate surface area is 223 Å². The molecule has 0 unspecified atom stereocenters. The van der Waals surface area contributed by atoms with E-state index in [-0.39, 0.29) is 11.5 Å². The first kappa shape index (κ1) is 22.1. The topological polar surface area (TPSA) is 40.5 Å². The normalized spacial score (nSPS) is 13.3. The van der Waals surface area contributed by atoms with E-state index in [4.69, 9.17) is 0 Å². The van der Waals surface area contributed by atoms with Crippen molar-refractivity contribution in [1.82, 2.24) is 0 Å². The van der Waals surface area contributed by atoms with Crippen molar-refractivity contribution in [3.8, 4) is 43.5 Å². The van der Waals surface area contributed by atoms with E-state index in [2.05, 4.69) is 71.4 Å². The van der Waals surface area contributed by atoms with Gasteiger partial charge >= 0.3 is 0 Å². The number of aromatic hydroxyl groups is 2. The molecule has 2 nitrogen and oxygen atoms in total. The summed E-state index contributed by atoms with van der Waals surface area (Å²) < 4.78 is 0. The van der Waals surface area contributed by atoms with E-state index >= 15 is 0 Å². The molecule has 0 amide bonds. The number of hydrogen-bond acceptors (Lipinski definition) is 4. The fourth-order valence-corrected chi connectivity index (χ4v) is 7.18. The molecule has 2 N–H and O–H groups in total. The Morgan fingerprint density at radius 3 is 1.30 bits per heavy atom. The lowest BCUT2D eigenvalue weighted by Crippen LogP contribution is -2.28. The maximum atomic E-state index is 10.2. The van der Waals surface area contributed by atoms with Crippen LogP contribution in [0.25, 0.3) is 32.0 Å². The Morgan fingerprint density at radius 1 is 0.486 bits per heavy atom. The van der Waals surface area contributed by atoms with Gasteiger partial charge in [-0.2, -0.15) is 0 Å². The molecule has 6 aromatic rings. The van der Waals surface area contributed by atoms with Gasteiger partial charge in [-0.05, 0) is 104 Å². The lowest BCUT2D eigenvalue weighted by atomic mass is 9.67. The van der Waals surface area contributed by atoms with Gasteiger partial charge in [-0.15, -0.1) is 22.7 Å². The Bertz CT molecular complexity index is 1580. The van der Waals surface area contributed by atoms with E-state index in [0.717, 1.165) is 11.1 Å². The largest absolute Gasteiger partial charge is 0.508 e. The van der Waals surface area contributed by atoms with Crippen LogP contribution in [0.2, 0.25) is 0 Å². The Morgan fingerprint density at radius 2 is 0.919 bits per heavy atom. The molecule has 0 aliphatic heterocycles. The van der Waals surface area contributed by atoms with E-state index in [1.165, 1.54) is 43.1 Å². The van der Waals surface area contributed by atoms with Crippen LogP contribution in [0.4, 0.5) is 0 Å². The molecule has 0 saturated heterocycles. The zero-order chi connectivity index (χ0) is 25.0. The number of rotatable bonds is 4. The van der Waals surface area contributed by atoms with Crippen LogP contribution in [-0.2, 0) is 5.41 Å². The number of phenolic OH excluding ortho intramolecular Hbond substituents is 2. The summed E-state index contributed by atoms with van der Waals surface area (Å²) in [6.45, 7) is 0. The van der Waals surface area contributed by atoms with Gasteiger partial charge in [0.25, 0.3) is 0 Å².